The lowest BCUT2D eigenvalue weighted by Gasteiger charge is -2.17. The van der Waals surface area contributed by atoms with Crippen molar-refractivity contribution in [2.45, 2.75) is 47.1 Å². The highest BCUT2D eigenvalue weighted by molar-refractivity contribution is 7.15. The predicted octanol–water partition coefficient (Wildman–Crippen LogP) is 5.24. The van der Waals surface area contributed by atoms with Gasteiger partial charge in [-0.25, -0.2) is 9.67 Å². The van der Waals surface area contributed by atoms with Crippen molar-refractivity contribution in [2.75, 3.05) is 0 Å². The minimum absolute atomic E-state index is 0.0402. The molecule has 1 amide bonds. The van der Waals surface area contributed by atoms with Crippen LogP contribution >= 0.6 is 34.5 Å². The van der Waals surface area contributed by atoms with Crippen LogP contribution in [0, 0.1) is 19.8 Å². The third kappa shape index (κ3) is 4.62. The normalized spacial score (nSPS) is 12.5. The summed E-state index contributed by atoms with van der Waals surface area (Å²) < 4.78 is 3.22. The molecule has 178 valence electrons. The zero-order valence-electron chi connectivity index (χ0n) is 19.5. The number of nitrogens with one attached hydrogen (secondary N) is 1. The number of aryl methyl sites for hydroxylation is 2. The maximum atomic E-state index is 13.6. The molecule has 0 fully saturated rings. The Kier molecular flexibility index (Phi) is 6.85. The number of halogens is 2. The maximum absolute atomic E-state index is 13.6. The second kappa shape index (κ2) is 9.52. The van der Waals surface area contributed by atoms with E-state index >= 15 is 0 Å². The highest BCUT2D eigenvalue weighted by Crippen LogP contribution is 2.27. The third-order valence-electron chi connectivity index (χ3n) is 5.84. The summed E-state index contributed by atoms with van der Waals surface area (Å²) in [7, 11) is 0. The van der Waals surface area contributed by atoms with E-state index in [0.29, 0.717) is 43.6 Å². The van der Waals surface area contributed by atoms with Crippen molar-refractivity contribution in [2.24, 2.45) is 5.92 Å². The van der Waals surface area contributed by atoms with Gasteiger partial charge in [-0.15, -0.1) is 11.3 Å². The van der Waals surface area contributed by atoms with E-state index in [-0.39, 0.29) is 23.9 Å². The number of amides is 1. The standard InChI is InChI=1S/C24H25Cl2N5O2S/c1-12(2)14(4)27-21(32)10-17-11-34-24-28-15(5)22(23(33)30(17)24)20-8-13(3)31(29-20)16-6-7-18(25)19(26)9-16/h6-9,11-12,14H,10H2,1-5H3,(H,27,32). The minimum Gasteiger partial charge on any atom is -0.353 e. The summed E-state index contributed by atoms with van der Waals surface area (Å²) in [5, 5.41) is 10.3. The topological polar surface area (TPSA) is 81.3 Å². The second-order valence-corrected chi connectivity index (χ2v) is 10.3. The first-order valence-corrected chi connectivity index (χ1v) is 12.5. The number of rotatable bonds is 6. The Morgan fingerprint density at radius 1 is 1.15 bits per heavy atom. The summed E-state index contributed by atoms with van der Waals surface area (Å²) >= 11 is 13.6. The Morgan fingerprint density at radius 3 is 2.56 bits per heavy atom. The molecule has 0 aliphatic heterocycles. The van der Waals surface area contributed by atoms with Crippen LogP contribution in [0.1, 0.15) is 37.9 Å². The van der Waals surface area contributed by atoms with Crippen molar-refractivity contribution in [3.05, 3.63) is 67.1 Å². The smallest absolute Gasteiger partial charge is 0.268 e. The zero-order chi connectivity index (χ0) is 24.7. The SMILES string of the molecule is Cc1nc2scc(CC(=O)NC(C)C(C)C)n2c(=O)c1-c1cc(C)n(-c2ccc(Cl)c(Cl)c2)n1. The summed E-state index contributed by atoms with van der Waals surface area (Å²) in [5.74, 6) is 0.186. The minimum atomic E-state index is -0.248. The van der Waals surface area contributed by atoms with E-state index in [2.05, 4.69) is 15.4 Å². The van der Waals surface area contributed by atoms with Gasteiger partial charge < -0.3 is 5.32 Å². The maximum Gasteiger partial charge on any atom is 0.268 e. The summed E-state index contributed by atoms with van der Waals surface area (Å²) in [4.78, 5) is 31.4. The molecule has 0 saturated heterocycles. The number of benzene rings is 1. The molecule has 34 heavy (non-hydrogen) atoms. The number of nitrogens with zero attached hydrogens (tertiary/aromatic N) is 4. The molecule has 10 heteroatoms. The zero-order valence-corrected chi connectivity index (χ0v) is 21.8. The highest BCUT2D eigenvalue weighted by Gasteiger charge is 2.21. The fraction of sp³-hybridized carbons (Fsp3) is 0.333. The van der Waals surface area contributed by atoms with Gasteiger partial charge in [0.1, 0.15) is 5.69 Å². The first kappa shape index (κ1) is 24.4. The third-order valence-corrected chi connectivity index (χ3v) is 7.46. The Hall–Kier alpha value is -2.68. The van der Waals surface area contributed by atoms with Crippen molar-refractivity contribution in [1.82, 2.24) is 24.5 Å². The molecule has 1 atom stereocenters. The molecule has 0 bridgehead atoms. The first-order chi connectivity index (χ1) is 16.1. The lowest BCUT2D eigenvalue weighted by molar-refractivity contribution is -0.121. The van der Waals surface area contributed by atoms with Crippen molar-refractivity contribution in [3.63, 3.8) is 0 Å². The van der Waals surface area contributed by atoms with Crippen molar-refractivity contribution >= 4 is 45.4 Å². The van der Waals surface area contributed by atoms with Crippen LogP contribution in [-0.2, 0) is 11.2 Å². The number of thiazole rings is 1. The van der Waals surface area contributed by atoms with E-state index in [1.54, 1.807) is 23.7 Å². The quantitative estimate of drug-likeness (QED) is 0.379. The van der Waals surface area contributed by atoms with E-state index < -0.39 is 0 Å². The number of carbonyl (C=O) groups excluding carboxylic acids is 1. The van der Waals surface area contributed by atoms with Gasteiger partial charge >= 0.3 is 0 Å². The van der Waals surface area contributed by atoms with Gasteiger partial charge in [-0.3, -0.25) is 14.0 Å². The summed E-state index contributed by atoms with van der Waals surface area (Å²) in [6, 6.07) is 7.12. The van der Waals surface area contributed by atoms with E-state index in [4.69, 9.17) is 23.2 Å². The van der Waals surface area contributed by atoms with Gasteiger partial charge in [-0.2, -0.15) is 5.10 Å². The molecule has 7 nitrogen and oxygen atoms in total. The Balaban J connectivity index is 1.76. The molecule has 0 radical (unpaired) electrons. The van der Waals surface area contributed by atoms with Crippen LogP contribution in [0.3, 0.4) is 0 Å². The van der Waals surface area contributed by atoms with Crippen LogP contribution in [-0.4, -0.2) is 31.1 Å². The van der Waals surface area contributed by atoms with Gasteiger partial charge in [0.2, 0.25) is 5.91 Å². The molecule has 3 aromatic heterocycles. The average molecular weight is 518 g/mol. The number of carbonyl (C=O) groups is 1. The van der Waals surface area contributed by atoms with Crippen LogP contribution in [0.2, 0.25) is 10.0 Å². The number of aromatic nitrogens is 4. The largest absolute Gasteiger partial charge is 0.353 e. The number of hydrogen-bond acceptors (Lipinski definition) is 5. The van der Waals surface area contributed by atoms with Crippen LogP contribution in [0.15, 0.2) is 34.4 Å². The first-order valence-electron chi connectivity index (χ1n) is 10.9. The molecule has 0 spiro atoms. The van der Waals surface area contributed by atoms with Crippen LogP contribution in [0.4, 0.5) is 0 Å². The van der Waals surface area contributed by atoms with Gasteiger partial charge in [-0.1, -0.05) is 37.0 Å². The van der Waals surface area contributed by atoms with E-state index in [1.807, 2.05) is 45.2 Å². The lowest BCUT2D eigenvalue weighted by atomic mass is 10.1. The Bertz CT molecular complexity index is 1450. The molecule has 0 saturated carbocycles. The average Bonchev–Trinajstić information content (AvgIpc) is 3.33. The molecule has 0 aliphatic carbocycles. The molecule has 3 heterocycles. The predicted molar refractivity (Wildman–Crippen MR) is 138 cm³/mol. The molecule has 4 aromatic rings. The fourth-order valence-electron chi connectivity index (χ4n) is 3.64. The van der Waals surface area contributed by atoms with E-state index in [1.165, 1.54) is 15.7 Å². The summed E-state index contributed by atoms with van der Waals surface area (Å²) in [6.45, 7) is 9.76. The molecule has 1 N–H and O–H groups in total. The summed E-state index contributed by atoms with van der Waals surface area (Å²) in [5.41, 5.74) is 3.39. The second-order valence-electron chi connectivity index (χ2n) is 8.68. The van der Waals surface area contributed by atoms with Gasteiger partial charge in [0, 0.05) is 22.8 Å². The fourth-order valence-corrected chi connectivity index (χ4v) is 4.85. The van der Waals surface area contributed by atoms with E-state index in [0.717, 1.165) is 11.4 Å². The van der Waals surface area contributed by atoms with Crippen molar-refractivity contribution in [3.8, 4) is 16.9 Å². The van der Waals surface area contributed by atoms with Crippen LogP contribution in [0.5, 0.6) is 0 Å². The Morgan fingerprint density at radius 2 is 1.88 bits per heavy atom. The van der Waals surface area contributed by atoms with E-state index in [9.17, 15) is 9.59 Å². The van der Waals surface area contributed by atoms with Crippen molar-refractivity contribution in [1.29, 1.82) is 0 Å². The highest BCUT2D eigenvalue weighted by atomic mass is 35.5. The summed E-state index contributed by atoms with van der Waals surface area (Å²) in [6.07, 6.45) is 0.0951. The number of hydrogen-bond donors (Lipinski definition) is 1. The molecule has 0 aliphatic rings. The van der Waals surface area contributed by atoms with Gasteiger partial charge in [-0.05, 0) is 51.0 Å². The van der Waals surface area contributed by atoms with Crippen molar-refractivity contribution < 1.29 is 4.79 Å². The van der Waals surface area contributed by atoms with Gasteiger partial charge in [0.25, 0.3) is 5.56 Å². The molecule has 1 aromatic carbocycles. The molecule has 4 rings (SSSR count). The molecular weight excluding hydrogens is 493 g/mol. The molecular formula is C24H25Cl2N5O2S. The Labute approximate surface area is 211 Å². The van der Waals surface area contributed by atoms with Gasteiger partial charge in [0.05, 0.1) is 33.4 Å². The monoisotopic (exact) mass is 517 g/mol. The molecule has 1 unspecified atom stereocenters. The van der Waals surface area contributed by atoms with Crippen LogP contribution in [0.25, 0.3) is 21.9 Å². The van der Waals surface area contributed by atoms with Gasteiger partial charge in [0.15, 0.2) is 4.96 Å². The van der Waals surface area contributed by atoms with Crippen LogP contribution < -0.4 is 10.9 Å². The number of fused-ring (bicyclic) bond motifs is 1. The lowest BCUT2D eigenvalue weighted by Crippen LogP contribution is -2.37.